The lowest BCUT2D eigenvalue weighted by Crippen LogP contribution is -2.39. The van der Waals surface area contributed by atoms with Crippen molar-refractivity contribution in [3.63, 3.8) is 0 Å². The van der Waals surface area contributed by atoms with Crippen molar-refractivity contribution in [1.29, 1.82) is 0 Å². The van der Waals surface area contributed by atoms with Crippen LogP contribution in [0.25, 0.3) is 0 Å². The molecule has 2 heterocycles. The molecular formula is C18H18BrNO8. The third kappa shape index (κ3) is 3.45. The molecule has 150 valence electrons. The zero-order valence-corrected chi connectivity index (χ0v) is 16.8. The average molecular weight is 456 g/mol. The summed E-state index contributed by atoms with van der Waals surface area (Å²) in [6.07, 6.45) is 1.20. The summed E-state index contributed by atoms with van der Waals surface area (Å²) in [6.45, 7) is 0.234. The number of esters is 2. The summed E-state index contributed by atoms with van der Waals surface area (Å²) in [5.41, 5.74) is 1.10. The first kappa shape index (κ1) is 20.2. The molecule has 1 aromatic carbocycles. The Labute approximate surface area is 168 Å². The number of carbonyl (C=O) groups excluding carboxylic acids is 2. The Morgan fingerprint density at radius 2 is 1.93 bits per heavy atom. The molecule has 0 bridgehead atoms. The third-order valence-electron chi connectivity index (χ3n) is 4.45. The van der Waals surface area contributed by atoms with E-state index < -0.39 is 17.9 Å². The molecule has 1 N–H and O–H groups in total. The highest BCUT2D eigenvalue weighted by molar-refractivity contribution is 9.10. The molecule has 3 rings (SSSR count). The van der Waals surface area contributed by atoms with Gasteiger partial charge in [0, 0.05) is 10.0 Å². The Hall–Kier alpha value is -2.59. The van der Waals surface area contributed by atoms with Gasteiger partial charge in [0.15, 0.2) is 0 Å². The van der Waals surface area contributed by atoms with Gasteiger partial charge >= 0.3 is 17.9 Å². The van der Waals surface area contributed by atoms with Gasteiger partial charge in [0.2, 0.25) is 0 Å². The molecule has 0 atom stereocenters. The minimum Gasteiger partial charge on any atom is -0.492 e. The fourth-order valence-corrected chi connectivity index (χ4v) is 3.95. The van der Waals surface area contributed by atoms with Crippen LogP contribution in [0.2, 0.25) is 0 Å². The van der Waals surface area contributed by atoms with Gasteiger partial charge in [-0.25, -0.2) is 14.4 Å². The van der Waals surface area contributed by atoms with E-state index >= 15 is 0 Å². The van der Waals surface area contributed by atoms with Crippen molar-refractivity contribution in [3.05, 3.63) is 32.9 Å². The predicted molar refractivity (Wildman–Crippen MR) is 99.3 cm³/mol. The predicted octanol–water partition coefficient (Wildman–Crippen LogP) is 1.87. The van der Waals surface area contributed by atoms with Crippen LogP contribution >= 0.6 is 15.9 Å². The zero-order valence-electron chi connectivity index (χ0n) is 15.2. The van der Waals surface area contributed by atoms with E-state index in [-0.39, 0.29) is 35.9 Å². The fraction of sp³-hybridized carbons (Fsp3) is 0.389. The molecule has 0 unspecified atom stereocenters. The molecule has 0 spiro atoms. The first-order chi connectivity index (χ1) is 13.4. The molecule has 1 aromatic rings. The van der Waals surface area contributed by atoms with E-state index in [0.717, 1.165) is 0 Å². The summed E-state index contributed by atoms with van der Waals surface area (Å²) in [5.74, 6) is -2.33. The van der Waals surface area contributed by atoms with E-state index in [1.165, 1.54) is 25.2 Å². The van der Waals surface area contributed by atoms with Crippen molar-refractivity contribution < 1.29 is 38.4 Å². The van der Waals surface area contributed by atoms with Crippen LogP contribution in [0.1, 0.15) is 22.3 Å². The number of halogens is 1. The van der Waals surface area contributed by atoms with Gasteiger partial charge in [-0.15, -0.1) is 0 Å². The molecule has 2 aliphatic rings. The standard InChI is InChI=1S/C18H18BrNO8/c1-25-17(23)11-7-27-8-20(14(11)18(24)26-2)13-9-4-3-5-28-15(9)10(16(21)22)6-12(13)19/h6H,3-5,7-8H2,1-2H3,(H,21,22). The van der Waals surface area contributed by atoms with Gasteiger partial charge in [0.05, 0.1) is 38.7 Å². The Bertz CT molecular complexity index is 879. The minimum absolute atomic E-state index is 0.0139. The number of ether oxygens (including phenoxy) is 4. The number of carboxylic acids is 1. The highest BCUT2D eigenvalue weighted by Crippen LogP contribution is 2.44. The van der Waals surface area contributed by atoms with Gasteiger partial charge in [-0.2, -0.15) is 0 Å². The molecule has 0 saturated heterocycles. The largest absolute Gasteiger partial charge is 0.492 e. The van der Waals surface area contributed by atoms with E-state index in [4.69, 9.17) is 18.9 Å². The van der Waals surface area contributed by atoms with Crippen molar-refractivity contribution in [3.8, 4) is 5.75 Å². The van der Waals surface area contributed by atoms with Crippen LogP contribution in [0.3, 0.4) is 0 Å². The fourth-order valence-electron chi connectivity index (χ4n) is 3.27. The van der Waals surface area contributed by atoms with Crippen LogP contribution in [-0.4, -0.2) is 57.2 Å². The van der Waals surface area contributed by atoms with Crippen LogP contribution in [-0.2, 0) is 30.2 Å². The maximum atomic E-state index is 12.5. The highest BCUT2D eigenvalue weighted by atomic mass is 79.9. The number of rotatable bonds is 4. The van der Waals surface area contributed by atoms with Crippen molar-refractivity contribution in [2.45, 2.75) is 12.8 Å². The van der Waals surface area contributed by atoms with E-state index in [1.807, 2.05) is 0 Å². The number of fused-ring (bicyclic) bond motifs is 1. The molecule has 0 aromatic heterocycles. The van der Waals surface area contributed by atoms with Crippen LogP contribution in [0.4, 0.5) is 5.69 Å². The third-order valence-corrected chi connectivity index (χ3v) is 5.06. The molecule has 0 fully saturated rings. The van der Waals surface area contributed by atoms with Gasteiger partial charge in [-0.1, -0.05) is 0 Å². The Kier molecular flexibility index (Phi) is 5.90. The zero-order chi connectivity index (χ0) is 20.4. The van der Waals surface area contributed by atoms with Gasteiger partial charge in [-0.05, 0) is 34.8 Å². The lowest BCUT2D eigenvalue weighted by molar-refractivity contribution is -0.140. The first-order valence-corrected chi connectivity index (χ1v) is 9.16. The maximum absolute atomic E-state index is 12.5. The molecule has 0 aliphatic carbocycles. The van der Waals surface area contributed by atoms with Gasteiger partial charge in [0.1, 0.15) is 23.7 Å². The molecule has 9 nitrogen and oxygen atoms in total. The number of carboxylic acid groups (broad SMARTS) is 1. The van der Waals surface area contributed by atoms with Gasteiger partial charge in [-0.3, -0.25) is 0 Å². The van der Waals surface area contributed by atoms with E-state index in [0.29, 0.717) is 35.2 Å². The summed E-state index contributed by atoms with van der Waals surface area (Å²) in [4.78, 5) is 37.8. The van der Waals surface area contributed by atoms with E-state index in [9.17, 15) is 19.5 Å². The SMILES string of the molecule is COC(=O)C1=C(C(=O)OC)N(c2c(Br)cc(C(=O)O)c3c2CCCO3)COC1. The quantitative estimate of drug-likeness (QED) is 0.679. The number of nitrogens with zero attached hydrogens (tertiary/aromatic N) is 1. The molecule has 0 amide bonds. The number of hydrogen-bond donors (Lipinski definition) is 1. The molecule has 0 saturated carbocycles. The summed E-state index contributed by atoms with van der Waals surface area (Å²) >= 11 is 3.40. The minimum atomic E-state index is -1.13. The van der Waals surface area contributed by atoms with Crippen LogP contribution in [0, 0.1) is 0 Å². The van der Waals surface area contributed by atoms with Crippen LogP contribution in [0.15, 0.2) is 21.8 Å². The van der Waals surface area contributed by atoms with Crippen LogP contribution in [0.5, 0.6) is 5.75 Å². The number of aromatic carboxylic acids is 1. The monoisotopic (exact) mass is 455 g/mol. The Morgan fingerprint density at radius 3 is 2.57 bits per heavy atom. The summed E-state index contributed by atoms with van der Waals surface area (Å²) in [5, 5.41) is 9.51. The topological polar surface area (TPSA) is 112 Å². The molecule has 10 heteroatoms. The van der Waals surface area contributed by atoms with Crippen molar-refractivity contribution in [1.82, 2.24) is 0 Å². The van der Waals surface area contributed by atoms with Crippen molar-refractivity contribution in [2.75, 3.05) is 39.1 Å². The normalized spacial score (nSPS) is 16.2. The number of carbonyl (C=O) groups is 3. The maximum Gasteiger partial charge on any atom is 0.355 e. The number of anilines is 1. The molecule has 2 aliphatic heterocycles. The second kappa shape index (κ2) is 8.19. The lowest BCUT2D eigenvalue weighted by atomic mass is 9.98. The second-order valence-corrected chi connectivity index (χ2v) is 6.89. The average Bonchev–Trinajstić information content (AvgIpc) is 2.71. The van der Waals surface area contributed by atoms with Crippen molar-refractivity contribution in [2.24, 2.45) is 0 Å². The summed E-state index contributed by atoms with van der Waals surface area (Å²) < 4.78 is 21.2. The number of benzene rings is 1. The smallest absolute Gasteiger partial charge is 0.355 e. The molecule has 0 radical (unpaired) electrons. The second-order valence-electron chi connectivity index (χ2n) is 6.04. The number of hydrogen-bond acceptors (Lipinski definition) is 8. The Morgan fingerprint density at radius 1 is 1.21 bits per heavy atom. The van der Waals surface area contributed by atoms with Gasteiger partial charge in [0.25, 0.3) is 0 Å². The van der Waals surface area contributed by atoms with Crippen LogP contribution < -0.4 is 9.64 Å². The highest BCUT2D eigenvalue weighted by Gasteiger charge is 2.36. The Balaban J connectivity index is 2.25. The summed E-state index contributed by atoms with van der Waals surface area (Å²) in [7, 11) is 2.41. The molecule has 28 heavy (non-hydrogen) atoms. The number of methoxy groups -OCH3 is 2. The van der Waals surface area contributed by atoms with E-state index in [2.05, 4.69) is 15.9 Å². The van der Waals surface area contributed by atoms with Crippen molar-refractivity contribution >= 4 is 39.5 Å². The van der Waals surface area contributed by atoms with E-state index in [1.54, 1.807) is 0 Å². The summed E-state index contributed by atoms with van der Waals surface area (Å²) in [6, 6.07) is 1.41. The van der Waals surface area contributed by atoms with Gasteiger partial charge < -0.3 is 29.0 Å². The lowest BCUT2D eigenvalue weighted by Gasteiger charge is -2.35. The molecular weight excluding hydrogens is 438 g/mol. The first-order valence-electron chi connectivity index (χ1n) is 8.37.